The van der Waals surface area contributed by atoms with Crippen molar-refractivity contribution < 1.29 is 9.18 Å². The van der Waals surface area contributed by atoms with Crippen LogP contribution in [0.1, 0.15) is 28.9 Å². The predicted molar refractivity (Wildman–Crippen MR) is 90.7 cm³/mol. The van der Waals surface area contributed by atoms with Crippen LogP contribution >= 0.6 is 11.3 Å². The van der Waals surface area contributed by atoms with E-state index in [4.69, 9.17) is 0 Å². The zero-order valence-electron chi connectivity index (χ0n) is 13.3. The molecule has 5 nitrogen and oxygen atoms in total. The summed E-state index contributed by atoms with van der Waals surface area (Å²) < 4.78 is 13.0. The van der Waals surface area contributed by atoms with Crippen LogP contribution in [0.3, 0.4) is 0 Å². The van der Waals surface area contributed by atoms with Crippen molar-refractivity contribution in [2.24, 2.45) is 5.41 Å². The Morgan fingerprint density at radius 1 is 1.21 bits per heavy atom. The number of aromatic nitrogens is 2. The first kappa shape index (κ1) is 15.5. The van der Waals surface area contributed by atoms with Gasteiger partial charge in [-0.2, -0.15) is 0 Å². The quantitative estimate of drug-likeness (QED) is 0.839. The maximum absolute atomic E-state index is 13.0. The summed E-state index contributed by atoms with van der Waals surface area (Å²) in [6.07, 6.45) is 5.57. The second kappa shape index (κ2) is 6.12. The van der Waals surface area contributed by atoms with Gasteiger partial charge in [0.1, 0.15) is 0 Å². The van der Waals surface area contributed by atoms with E-state index in [0.29, 0.717) is 5.95 Å². The summed E-state index contributed by atoms with van der Waals surface area (Å²) >= 11 is 1.50. The van der Waals surface area contributed by atoms with Crippen LogP contribution in [0.25, 0.3) is 0 Å². The van der Waals surface area contributed by atoms with Crippen molar-refractivity contribution in [2.75, 3.05) is 31.1 Å². The first-order valence-electron chi connectivity index (χ1n) is 8.21. The van der Waals surface area contributed by atoms with E-state index >= 15 is 0 Å². The fraction of sp³-hybridized carbons (Fsp3) is 0.471. The highest BCUT2D eigenvalue weighted by molar-refractivity contribution is 7.12. The molecule has 0 aliphatic carbocycles. The van der Waals surface area contributed by atoms with E-state index in [2.05, 4.69) is 14.9 Å². The molecule has 0 N–H and O–H groups in total. The number of likely N-dealkylation sites (tertiary alicyclic amines) is 1. The Bertz CT molecular complexity index is 721. The lowest BCUT2D eigenvalue weighted by atomic mass is 9.79. The Hall–Kier alpha value is -2.02. The first-order valence-corrected chi connectivity index (χ1v) is 9.09. The molecule has 24 heavy (non-hydrogen) atoms. The average molecular weight is 346 g/mol. The van der Waals surface area contributed by atoms with Gasteiger partial charge >= 0.3 is 0 Å². The lowest BCUT2D eigenvalue weighted by molar-refractivity contribution is 0.0561. The van der Waals surface area contributed by atoms with Crippen molar-refractivity contribution in [3.8, 4) is 0 Å². The molecule has 2 aromatic heterocycles. The molecule has 0 radical (unpaired) electrons. The third-order valence-corrected chi connectivity index (χ3v) is 5.87. The van der Waals surface area contributed by atoms with Crippen molar-refractivity contribution >= 4 is 23.2 Å². The highest BCUT2D eigenvalue weighted by Gasteiger charge is 2.43. The van der Waals surface area contributed by atoms with Crippen LogP contribution in [0.4, 0.5) is 10.3 Å². The molecule has 2 aromatic rings. The molecule has 126 valence electrons. The number of carbonyl (C=O) groups excluding carboxylic acids is 1. The standard InChI is InChI=1S/C17H19FN4OS/c18-13-9-19-16(20-10-13)22-7-5-17(12-22)4-2-6-21(11-17)15(23)14-3-1-8-24-14/h1,3,8-10H,2,4-7,11-12H2/t17-/m0/s1. The minimum atomic E-state index is -0.418. The number of nitrogens with zero attached hydrogens (tertiary/aromatic N) is 4. The maximum atomic E-state index is 13.0. The molecule has 1 atom stereocenters. The van der Waals surface area contributed by atoms with Gasteiger partial charge in [-0.1, -0.05) is 6.07 Å². The van der Waals surface area contributed by atoms with Crippen LogP contribution < -0.4 is 4.90 Å². The number of hydrogen-bond acceptors (Lipinski definition) is 5. The number of rotatable bonds is 2. The highest BCUT2D eigenvalue weighted by atomic mass is 32.1. The topological polar surface area (TPSA) is 49.3 Å². The third-order valence-electron chi connectivity index (χ3n) is 5.01. The third kappa shape index (κ3) is 2.88. The molecular weight excluding hydrogens is 327 g/mol. The van der Waals surface area contributed by atoms with Crippen LogP contribution in [-0.2, 0) is 0 Å². The zero-order chi connectivity index (χ0) is 16.6. The van der Waals surface area contributed by atoms with E-state index in [1.165, 1.54) is 23.7 Å². The van der Waals surface area contributed by atoms with Gasteiger partial charge in [0.25, 0.3) is 5.91 Å². The lowest BCUT2D eigenvalue weighted by Crippen LogP contribution is -2.47. The van der Waals surface area contributed by atoms with E-state index in [0.717, 1.165) is 50.3 Å². The van der Waals surface area contributed by atoms with Crippen LogP contribution in [0.5, 0.6) is 0 Å². The van der Waals surface area contributed by atoms with E-state index < -0.39 is 5.82 Å². The van der Waals surface area contributed by atoms with E-state index in [-0.39, 0.29) is 11.3 Å². The molecule has 1 amide bonds. The van der Waals surface area contributed by atoms with Crippen LogP contribution in [0, 0.1) is 11.2 Å². The van der Waals surface area contributed by atoms with Crippen molar-refractivity contribution in [1.82, 2.24) is 14.9 Å². The summed E-state index contributed by atoms with van der Waals surface area (Å²) in [5.74, 6) is 0.300. The maximum Gasteiger partial charge on any atom is 0.263 e. The normalized spacial score (nSPS) is 23.9. The first-order chi connectivity index (χ1) is 11.7. The Labute approximate surface area is 144 Å². The van der Waals surface area contributed by atoms with E-state index in [1.807, 2.05) is 22.4 Å². The summed E-state index contributed by atoms with van der Waals surface area (Å²) in [5, 5.41) is 1.94. The molecular formula is C17H19FN4OS. The molecule has 0 saturated carbocycles. The van der Waals surface area contributed by atoms with Gasteiger partial charge in [0, 0.05) is 31.6 Å². The molecule has 0 unspecified atom stereocenters. The molecule has 2 aliphatic heterocycles. The summed E-state index contributed by atoms with van der Waals surface area (Å²) in [4.78, 5) is 25.7. The monoisotopic (exact) mass is 346 g/mol. The molecule has 7 heteroatoms. The van der Waals surface area contributed by atoms with Crippen molar-refractivity contribution in [2.45, 2.75) is 19.3 Å². The Morgan fingerprint density at radius 2 is 2.04 bits per heavy atom. The number of carbonyl (C=O) groups is 1. The minimum absolute atomic E-state index is 0.100. The van der Waals surface area contributed by atoms with Crippen molar-refractivity contribution in [3.63, 3.8) is 0 Å². The Balaban J connectivity index is 1.47. The SMILES string of the molecule is O=C(c1cccs1)N1CCC[C@]2(CCN(c3ncc(F)cn3)C2)C1. The van der Waals surface area contributed by atoms with Gasteiger partial charge in [-0.15, -0.1) is 11.3 Å². The average Bonchev–Trinajstić information content (AvgIpc) is 3.26. The second-order valence-electron chi connectivity index (χ2n) is 6.68. The van der Waals surface area contributed by atoms with Gasteiger partial charge in [0.05, 0.1) is 17.3 Å². The zero-order valence-corrected chi connectivity index (χ0v) is 14.1. The number of thiophene rings is 1. The minimum Gasteiger partial charge on any atom is -0.340 e. The fourth-order valence-corrected chi connectivity index (χ4v) is 4.54. The van der Waals surface area contributed by atoms with E-state index in [1.54, 1.807) is 0 Å². The van der Waals surface area contributed by atoms with Crippen molar-refractivity contribution in [3.05, 3.63) is 40.6 Å². The largest absolute Gasteiger partial charge is 0.340 e. The van der Waals surface area contributed by atoms with Gasteiger partial charge < -0.3 is 9.80 Å². The van der Waals surface area contributed by atoms with Crippen molar-refractivity contribution in [1.29, 1.82) is 0 Å². The van der Waals surface area contributed by atoms with Gasteiger partial charge in [0.15, 0.2) is 5.82 Å². The number of amides is 1. The van der Waals surface area contributed by atoms with E-state index in [9.17, 15) is 9.18 Å². The summed E-state index contributed by atoms with van der Waals surface area (Å²) in [6, 6.07) is 3.81. The van der Waals surface area contributed by atoms with Crippen LogP contribution in [-0.4, -0.2) is 47.0 Å². The number of halogens is 1. The molecule has 2 aliphatic rings. The number of anilines is 1. The smallest absolute Gasteiger partial charge is 0.263 e. The predicted octanol–water partition coefficient (Wildman–Crippen LogP) is 2.81. The second-order valence-corrected chi connectivity index (χ2v) is 7.63. The van der Waals surface area contributed by atoms with Crippen LogP contribution in [0.15, 0.2) is 29.9 Å². The molecule has 0 bridgehead atoms. The highest BCUT2D eigenvalue weighted by Crippen LogP contribution is 2.40. The fourth-order valence-electron chi connectivity index (χ4n) is 3.85. The van der Waals surface area contributed by atoms with Crippen LogP contribution in [0.2, 0.25) is 0 Å². The van der Waals surface area contributed by atoms with Gasteiger partial charge in [-0.05, 0) is 30.7 Å². The number of piperidine rings is 1. The van der Waals surface area contributed by atoms with Gasteiger partial charge in [-0.25, -0.2) is 14.4 Å². The molecule has 2 fully saturated rings. The Morgan fingerprint density at radius 3 is 2.79 bits per heavy atom. The van der Waals surface area contributed by atoms with Gasteiger partial charge in [-0.3, -0.25) is 4.79 Å². The summed E-state index contributed by atoms with van der Waals surface area (Å²) in [5.41, 5.74) is 0.100. The lowest BCUT2D eigenvalue weighted by Gasteiger charge is -2.40. The molecule has 1 spiro atoms. The Kier molecular flexibility index (Phi) is 3.96. The van der Waals surface area contributed by atoms with Gasteiger partial charge in [0.2, 0.25) is 5.95 Å². The molecule has 4 heterocycles. The molecule has 2 saturated heterocycles. The molecule has 0 aromatic carbocycles. The molecule has 4 rings (SSSR count). The summed E-state index contributed by atoms with van der Waals surface area (Å²) in [6.45, 7) is 3.28. The number of hydrogen-bond donors (Lipinski definition) is 0. The summed E-state index contributed by atoms with van der Waals surface area (Å²) in [7, 11) is 0.